The van der Waals surface area contributed by atoms with Gasteiger partial charge < -0.3 is 0 Å². The van der Waals surface area contributed by atoms with Gasteiger partial charge in [-0.05, 0) is 31.3 Å². The molecular weight excluding hydrogens is 185 g/mol. The monoisotopic (exact) mass is 202 g/mol. The van der Waals surface area contributed by atoms with Crippen LogP contribution in [-0.2, 0) is 9.09 Å². The van der Waals surface area contributed by atoms with Crippen LogP contribution in [-0.4, -0.2) is 11.8 Å². The van der Waals surface area contributed by atoms with Crippen molar-refractivity contribution in [2.24, 2.45) is 0 Å². The molecule has 0 bridgehead atoms. The zero-order chi connectivity index (χ0) is 10.3. The minimum atomic E-state index is -1.56. The molecule has 13 heavy (non-hydrogen) atoms. The Kier molecular flexibility index (Phi) is 6.76. The quantitative estimate of drug-likeness (QED) is 0.621. The summed E-state index contributed by atoms with van der Waals surface area (Å²) in [5.74, 6) is 0. The van der Waals surface area contributed by atoms with E-state index in [1.165, 1.54) is 0 Å². The van der Waals surface area contributed by atoms with Crippen molar-refractivity contribution in [1.29, 1.82) is 5.26 Å². The van der Waals surface area contributed by atoms with Crippen LogP contribution in [0.25, 0.3) is 0 Å². The van der Waals surface area contributed by atoms with Crippen LogP contribution in [0.2, 0.25) is 0 Å². The summed E-state index contributed by atoms with van der Waals surface area (Å²) in [4.78, 5) is 0. The molecule has 0 N–H and O–H groups in total. The molecule has 0 aromatic heterocycles. The molecule has 0 fully saturated rings. The second kappa shape index (κ2) is 7.00. The van der Waals surface area contributed by atoms with Crippen LogP contribution < -0.4 is 0 Å². The van der Waals surface area contributed by atoms with Crippen molar-refractivity contribution in [3.63, 3.8) is 0 Å². The highest BCUT2D eigenvalue weighted by Gasteiger charge is 2.27. The fourth-order valence-electron chi connectivity index (χ4n) is 0.826. The fourth-order valence-corrected chi connectivity index (χ4v) is 1.62. The van der Waals surface area contributed by atoms with Crippen LogP contribution >= 0.6 is 8.03 Å². The number of hydrogen-bond donors (Lipinski definition) is 0. The summed E-state index contributed by atoms with van der Waals surface area (Å²) in [6.45, 7) is 5.72. The van der Waals surface area contributed by atoms with Crippen LogP contribution in [0.4, 0.5) is 0 Å². The molecule has 4 heteroatoms. The Morgan fingerprint density at radius 2 is 2.15 bits per heavy atom. The SMILES string of the molecule is CCC(CCC#N)O[P+](=O)C(C)C. The Labute approximate surface area is 81.0 Å². The van der Waals surface area contributed by atoms with Crippen LogP contribution in [0.1, 0.15) is 40.0 Å². The van der Waals surface area contributed by atoms with E-state index in [1.807, 2.05) is 20.8 Å². The predicted octanol–water partition coefficient (Wildman–Crippen LogP) is 3.24. The maximum Gasteiger partial charge on any atom is 0.510 e. The minimum Gasteiger partial charge on any atom is -0.198 e. The van der Waals surface area contributed by atoms with Crippen molar-refractivity contribution < 1.29 is 9.09 Å². The number of rotatable bonds is 6. The molecular formula is C9H17NO2P+. The van der Waals surface area contributed by atoms with Crippen LogP contribution in [0.3, 0.4) is 0 Å². The molecule has 3 nitrogen and oxygen atoms in total. The van der Waals surface area contributed by atoms with E-state index in [0.717, 1.165) is 6.42 Å². The first-order valence-electron chi connectivity index (χ1n) is 4.61. The lowest BCUT2D eigenvalue weighted by Gasteiger charge is -2.05. The minimum absolute atomic E-state index is 0.0225. The van der Waals surface area contributed by atoms with Gasteiger partial charge in [0.25, 0.3) is 0 Å². The van der Waals surface area contributed by atoms with E-state index in [0.29, 0.717) is 12.8 Å². The Morgan fingerprint density at radius 3 is 2.54 bits per heavy atom. The first kappa shape index (κ1) is 12.6. The van der Waals surface area contributed by atoms with Gasteiger partial charge in [0.1, 0.15) is 6.10 Å². The third kappa shape index (κ3) is 5.74. The molecule has 0 aliphatic carbocycles. The molecule has 0 aliphatic rings. The van der Waals surface area contributed by atoms with Gasteiger partial charge in [0.2, 0.25) is 0 Å². The summed E-state index contributed by atoms with van der Waals surface area (Å²) in [5.41, 5.74) is 0.0612. The average Bonchev–Trinajstić information content (AvgIpc) is 2.11. The largest absolute Gasteiger partial charge is 0.510 e. The second-order valence-electron chi connectivity index (χ2n) is 3.21. The molecule has 0 radical (unpaired) electrons. The van der Waals surface area contributed by atoms with Gasteiger partial charge in [0, 0.05) is 6.42 Å². The number of nitrogens with zero attached hydrogens (tertiary/aromatic N) is 1. The highest BCUT2D eigenvalue weighted by atomic mass is 31.1. The van der Waals surface area contributed by atoms with E-state index >= 15 is 0 Å². The van der Waals surface area contributed by atoms with Gasteiger partial charge in [-0.1, -0.05) is 6.92 Å². The van der Waals surface area contributed by atoms with Gasteiger partial charge in [-0.3, -0.25) is 0 Å². The van der Waals surface area contributed by atoms with Crippen molar-refractivity contribution in [3.8, 4) is 6.07 Å². The van der Waals surface area contributed by atoms with E-state index in [-0.39, 0.29) is 11.8 Å². The topological polar surface area (TPSA) is 50.1 Å². The molecule has 0 saturated carbocycles. The molecule has 0 rings (SSSR count). The van der Waals surface area contributed by atoms with E-state index < -0.39 is 8.03 Å². The second-order valence-corrected chi connectivity index (χ2v) is 5.03. The summed E-state index contributed by atoms with van der Waals surface area (Å²) < 4.78 is 16.6. The van der Waals surface area contributed by atoms with Gasteiger partial charge in [-0.15, -0.1) is 4.52 Å². The molecule has 0 amide bonds. The first-order chi connectivity index (χ1) is 6.11. The molecule has 74 valence electrons. The Bertz CT molecular complexity index is 198. The van der Waals surface area contributed by atoms with Crippen LogP contribution in [0, 0.1) is 11.3 Å². The van der Waals surface area contributed by atoms with Crippen molar-refractivity contribution in [2.45, 2.75) is 51.8 Å². The molecule has 2 unspecified atom stereocenters. The highest BCUT2D eigenvalue weighted by molar-refractivity contribution is 7.39. The molecule has 0 aromatic rings. The molecule has 0 spiro atoms. The summed E-state index contributed by atoms with van der Waals surface area (Å²) in [6, 6.07) is 2.06. The normalized spacial score (nSPS) is 13.9. The molecule has 2 atom stereocenters. The van der Waals surface area contributed by atoms with Crippen molar-refractivity contribution in [2.75, 3.05) is 0 Å². The lowest BCUT2D eigenvalue weighted by Crippen LogP contribution is -2.08. The number of nitriles is 1. The van der Waals surface area contributed by atoms with Crippen LogP contribution in [0.5, 0.6) is 0 Å². The summed E-state index contributed by atoms with van der Waals surface area (Å²) >= 11 is 0. The predicted molar refractivity (Wildman–Crippen MR) is 52.8 cm³/mol. The van der Waals surface area contributed by atoms with Crippen molar-refractivity contribution >= 4 is 8.03 Å². The smallest absolute Gasteiger partial charge is 0.198 e. The third-order valence-corrected chi connectivity index (χ3v) is 3.06. The van der Waals surface area contributed by atoms with E-state index in [1.54, 1.807) is 0 Å². The average molecular weight is 202 g/mol. The Morgan fingerprint density at radius 1 is 1.54 bits per heavy atom. The molecule has 0 heterocycles. The summed E-state index contributed by atoms with van der Waals surface area (Å²) in [7, 11) is -1.56. The zero-order valence-corrected chi connectivity index (χ0v) is 9.38. The maximum atomic E-state index is 11.3. The van der Waals surface area contributed by atoms with E-state index in [2.05, 4.69) is 6.07 Å². The highest BCUT2D eigenvalue weighted by Crippen LogP contribution is 2.32. The molecule has 0 aromatic carbocycles. The first-order valence-corrected chi connectivity index (χ1v) is 5.86. The van der Waals surface area contributed by atoms with Crippen molar-refractivity contribution in [3.05, 3.63) is 0 Å². The van der Waals surface area contributed by atoms with Gasteiger partial charge in [-0.25, -0.2) is 0 Å². The molecule has 0 saturated heterocycles. The zero-order valence-electron chi connectivity index (χ0n) is 8.49. The maximum absolute atomic E-state index is 11.3. The molecule has 0 aliphatic heterocycles. The van der Waals surface area contributed by atoms with Gasteiger partial charge >= 0.3 is 8.03 Å². The number of hydrogen-bond acceptors (Lipinski definition) is 3. The van der Waals surface area contributed by atoms with E-state index in [4.69, 9.17) is 9.79 Å². The van der Waals surface area contributed by atoms with Gasteiger partial charge in [0.15, 0.2) is 5.66 Å². The van der Waals surface area contributed by atoms with Crippen molar-refractivity contribution in [1.82, 2.24) is 0 Å². The summed E-state index contributed by atoms with van der Waals surface area (Å²) in [5, 5.41) is 8.38. The lowest BCUT2D eigenvalue weighted by atomic mass is 10.2. The lowest BCUT2D eigenvalue weighted by molar-refractivity contribution is 0.199. The third-order valence-electron chi connectivity index (χ3n) is 1.71. The van der Waals surface area contributed by atoms with E-state index in [9.17, 15) is 4.57 Å². The Balaban J connectivity index is 3.84. The standard InChI is InChI=1S/C9H17NO2P/c1-4-9(6-5-7-10)12-13(11)8(2)3/h8-9H,4-6H2,1-3H3/q+1. The fraction of sp³-hybridized carbons (Fsp3) is 0.889. The van der Waals surface area contributed by atoms with Crippen LogP contribution in [0.15, 0.2) is 0 Å². The Hall–Kier alpha value is -0.450. The summed E-state index contributed by atoms with van der Waals surface area (Å²) in [6.07, 6.45) is 1.95. The van der Waals surface area contributed by atoms with Gasteiger partial charge in [0.05, 0.1) is 6.07 Å². The van der Waals surface area contributed by atoms with Gasteiger partial charge in [-0.2, -0.15) is 5.26 Å².